The van der Waals surface area contributed by atoms with Crippen molar-refractivity contribution in [1.82, 2.24) is 19.6 Å². The molecule has 7 heteroatoms. The Bertz CT molecular complexity index is 863. The molecule has 7 nitrogen and oxygen atoms in total. The maximum Gasteiger partial charge on any atom is 0.276 e. The van der Waals surface area contributed by atoms with Crippen LogP contribution in [0.1, 0.15) is 34.5 Å². The van der Waals surface area contributed by atoms with E-state index in [-0.39, 0.29) is 10.6 Å². The molecule has 0 saturated heterocycles. The first kappa shape index (κ1) is 15.9. The SMILES string of the molecule is Cc1cc(C)n(C(c2ccccc2[N+](=O)[O-])n2nc(C)cc2C)n1. The molecule has 0 spiro atoms. The van der Waals surface area contributed by atoms with Crippen LogP contribution in [0.4, 0.5) is 5.69 Å². The van der Waals surface area contributed by atoms with Crippen LogP contribution in [0.25, 0.3) is 0 Å². The quantitative estimate of drug-likeness (QED) is 0.544. The molecule has 0 unspecified atom stereocenters. The van der Waals surface area contributed by atoms with E-state index in [1.165, 1.54) is 6.07 Å². The number of hydrogen-bond acceptors (Lipinski definition) is 4. The van der Waals surface area contributed by atoms with Crippen molar-refractivity contribution in [2.45, 2.75) is 33.9 Å². The number of nitro benzene ring substituents is 1. The lowest BCUT2D eigenvalue weighted by Crippen LogP contribution is -2.24. The second kappa shape index (κ2) is 5.92. The van der Waals surface area contributed by atoms with Crippen LogP contribution >= 0.6 is 0 Å². The number of aryl methyl sites for hydroxylation is 4. The van der Waals surface area contributed by atoms with Gasteiger partial charge in [0.25, 0.3) is 5.69 Å². The molecule has 0 atom stereocenters. The third-order valence-corrected chi connectivity index (χ3v) is 3.96. The van der Waals surface area contributed by atoms with Gasteiger partial charge < -0.3 is 0 Å². The van der Waals surface area contributed by atoms with E-state index >= 15 is 0 Å². The smallest absolute Gasteiger partial charge is 0.258 e. The summed E-state index contributed by atoms with van der Waals surface area (Å²) in [6, 6.07) is 10.6. The standard InChI is InChI=1S/C17H19N5O2/c1-11-9-13(3)20(18-11)17(21-14(4)10-12(2)19-21)15-7-5-6-8-16(15)22(23)24/h5-10,17H,1-4H3. The van der Waals surface area contributed by atoms with E-state index in [0.29, 0.717) is 5.56 Å². The van der Waals surface area contributed by atoms with Crippen molar-refractivity contribution in [3.8, 4) is 0 Å². The summed E-state index contributed by atoms with van der Waals surface area (Å²) >= 11 is 0. The maximum atomic E-state index is 11.5. The molecule has 3 aromatic rings. The third-order valence-electron chi connectivity index (χ3n) is 3.96. The van der Waals surface area contributed by atoms with Crippen LogP contribution in [0.3, 0.4) is 0 Å². The summed E-state index contributed by atoms with van der Waals surface area (Å²) in [7, 11) is 0. The van der Waals surface area contributed by atoms with Gasteiger partial charge in [-0.05, 0) is 45.9 Å². The van der Waals surface area contributed by atoms with E-state index in [2.05, 4.69) is 10.2 Å². The lowest BCUT2D eigenvalue weighted by Gasteiger charge is -2.21. The molecule has 0 saturated carbocycles. The van der Waals surface area contributed by atoms with Gasteiger partial charge in [-0.2, -0.15) is 10.2 Å². The number of para-hydroxylation sites is 1. The Labute approximate surface area is 139 Å². The predicted octanol–water partition coefficient (Wildman–Crippen LogP) is 3.32. The highest BCUT2D eigenvalue weighted by Gasteiger charge is 2.28. The fourth-order valence-electron chi connectivity index (χ4n) is 3.03. The van der Waals surface area contributed by atoms with Gasteiger partial charge in [0.05, 0.1) is 21.9 Å². The van der Waals surface area contributed by atoms with E-state index in [1.807, 2.05) is 39.8 Å². The topological polar surface area (TPSA) is 78.8 Å². The Morgan fingerprint density at radius 2 is 1.46 bits per heavy atom. The van der Waals surface area contributed by atoms with Crippen LogP contribution in [0, 0.1) is 37.8 Å². The first-order valence-electron chi connectivity index (χ1n) is 7.67. The molecule has 0 aliphatic rings. The summed E-state index contributed by atoms with van der Waals surface area (Å²) < 4.78 is 3.58. The van der Waals surface area contributed by atoms with Crippen molar-refractivity contribution in [3.05, 3.63) is 74.9 Å². The van der Waals surface area contributed by atoms with Gasteiger partial charge in [0.2, 0.25) is 0 Å². The van der Waals surface area contributed by atoms with Crippen molar-refractivity contribution in [2.75, 3.05) is 0 Å². The van der Waals surface area contributed by atoms with Gasteiger partial charge in [0.15, 0.2) is 6.17 Å². The fraction of sp³-hybridized carbons (Fsp3) is 0.294. The molecule has 0 aliphatic carbocycles. The minimum absolute atomic E-state index is 0.0580. The van der Waals surface area contributed by atoms with E-state index < -0.39 is 6.17 Å². The zero-order valence-corrected chi connectivity index (χ0v) is 14.1. The Kier molecular flexibility index (Phi) is 3.92. The molecule has 0 bridgehead atoms. The van der Waals surface area contributed by atoms with Gasteiger partial charge in [-0.3, -0.25) is 10.1 Å². The molecule has 0 amide bonds. The van der Waals surface area contributed by atoms with Crippen LogP contribution < -0.4 is 0 Å². The van der Waals surface area contributed by atoms with Crippen molar-refractivity contribution in [1.29, 1.82) is 0 Å². The summed E-state index contributed by atoms with van der Waals surface area (Å²) in [5.74, 6) is 0. The summed E-state index contributed by atoms with van der Waals surface area (Å²) in [6.07, 6.45) is -0.506. The number of aromatic nitrogens is 4. The summed E-state index contributed by atoms with van der Waals surface area (Å²) in [5.41, 5.74) is 4.17. The Balaban J connectivity index is 2.30. The average Bonchev–Trinajstić information content (AvgIpc) is 3.02. The molecule has 24 heavy (non-hydrogen) atoms. The molecule has 2 aromatic heterocycles. The minimum atomic E-state index is -0.506. The predicted molar refractivity (Wildman–Crippen MR) is 90.0 cm³/mol. The monoisotopic (exact) mass is 325 g/mol. The number of nitro groups is 1. The van der Waals surface area contributed by atoms with Gasteiger partial charge >= 0.3 is 0 Å². The van der Waals surface area contributed by atoms with Gasteiger partial charge in [-0.15, -0.1) is 0 Å². The van der Waals surface area contributed by atoms with Crippen LogP contribution in [0.15, 0.2) is 36.4 Å². The zero-order chi connectivity index (χ0) is 17.4. The van der Waals surface area contributed by atoms with Crippen LogP contribution in [0.5, 0.6) is 0 Å². The normalized spacial score (nSPS) is 11.2. The van der Waals surface area contributed by atoms with Gasteiger partial charge in [0.1, 0.15) is 0 Å². The second-order valence-electron chi connectivity index (χ2n) is 5.93. The van der Waals surface area contributed by atoms with Crippen LogP contribution in [-0.2, 0) is 0 Å². The molecule has 3 rings (SSSR count). The first-order valence-corrected chi connectivity index (χ1v) is 7.67. The number of nitrogens with zero attached hydrogens (tertiary/aromatic N) is 5. The first-order chi connectivity index (χ1) is 11.4. The second-order valence-corrected chi connectivity index (χ2v) is 5.93. The fourth-order valence-corrected chi connectivity index (χ4v) is 3.03. The third kappa shape index (κ3) is 2.68. The zero-order valence-electron chi connectivity index (χ0n) is 14.1. The van der Waals surface area contributed by atoms with Crippen molar-refractivity contribution in [3.63, 3.8) is 0 Å². The minimum Gasteiger partial charge on any atom is -0.258 e. The van der Waals surface area contributed by atoms with Crippen LogP contribution in [-0.4, -0.2) is 24.5 Å². The highest BCUT2D eigenvalue weighted by atomic mass is 16.6. The lowest BCUT2D eigenvalue weighted by atomic mass is 10.1. The largest absolute Gasteiger partial charge is 0.276 e. The Morgan fingerprint density at radius 3 is 1.88 bits per heavy atom. The van der Waals surface area contributed by atoms with Crippen molar-refractivity contribution in [2.24, 2.45) is 0 Å². The molecule has 0 radical (unpaired) electrons. The van der Waals surface area contributed by atoms with E-state index in [9.17, 15) is 10.1 Å². The van der Waals surface area contributed by atoms with E-state index in [0.717, 1.165) is 22.8 Å². The van der Waals surface area contributed by atoms with Gasteiger partial charge in [0, 0.05) is 17.5 Å². The van der Waals surface area contributed by atoms with E-state index in [4.69, 9.17) is 0 Å². The number of hydrogen-bond donors (Lipinski definition) is 0. The number of benzene rings is 1. The summed E-state index contributed by atoms with van der Waals surface area (Å²) in [4.78, 5) is 11.2. The van der Waals surface area contributed by atoms with Crippen molar-refractivity contribution < 1.29 is 4.92 Å². The van der Waals surface area contributed by atoms with Gasteiger partial charge in [-0.1, -0.05) is 12.1 Å². The lowest BCUT2D eigenvalue weighted by molar-refractivity contribution is -0.385. The maximum absolute atomic E-state index is 11.5. The highest BCUT2D eigenvalue weighted by Crippen LogP contribution is 2.30. The Hall–Kier alpha value is -2.96. The molecule has 2 heterocycles. The summed E-state index contributed by atoms with van der Waals surface area (Å²) in [5, 5.41) is 20.6. The molecule has 0 aliphatic heterocycles. The highest BCUT2D eigenvalue weighted by molar-refractivity contribution is 5.43. The molecule has 124 valence electrons. The van der Waals surface area contributed by atoms with E-state index in [1.54, 1.807) is 27.6 Å². The molecule has 0 N–H and O–H groups in total. The Morgan fingerprint density at radius 1 is 0.958 bits per heavy atom. The summed E-state index contributed by atoms with van der Waals surface area (Å²) in [6.45, 7) is 7.68. The van der Waals surface area contributed by atoms with Crippen molar-refractivity contribution >= 4 is 5.69 Å². The number of rotatable bonds is 4. The average molecular weight is 325 g/mol. The van der Waals surface area contributed by atoms with Gasteiger partial charge in [-0.25, -0.2) is 9.36 Å². The molecular weight excluding hydrogens is 306 g/mol. The molecule has 0 fully saturated rings. The molecular formula is C17H19N5O2. The van der Waals surface area contributed by atoms with Crippen LogP contribution in [0.2, 0.25) is 0 Å². The molecule has 1 aromatic carbocycles.